The molecule has 5 heteroatoms. The molecule has 20 heavy (non-hydrogen) atoms. The predicted molar refractivity (Wildman–Crippen MR) is 82.4 cm³/mol. The summed E-state index contributed by atoms with van der Waals surface area (Å²) in [5.74, 6) is 1.87. The number of aliphatic hydroxyl groups is 1. The number of piperidine rings is 1. The number of hydrogen-bond acceptors (Lipinski definition) is 4. The molecule has 3 N–H and O–H groups in total. The summed E-state index contributed by atoms with van der Waals surface area (Å²) in [6.45, 7) is 1.05. The Kier molecular flexibility index (Phi) is 5.88. The highest BCUT2D eigenvalue weighted by molar-refractivity contribution is 7.98. The van der Waals surface area contributed by atoms with E-state index in [0.29, 0.717) is 25.9 Å². The van der Waals surface area contributed by atoms with Crippen LogP contribution in [0.2, 0.25) is 0 Å². The number of amides is 1. The fourth-order valence-corrected chi connectivity index (χ4v) is 3.15. The van der Waals surface area contributed by atoms with Crippen LogP contribution in [0.15, 0.2) is 30.3 Å². The molecule has 1 amide bonds. The number of carbonyl (C=O) groups is 1. The molecule has 2 atom stereocenters. The summed E-state index contributed by atoms with van der Waals surface area (Å²) in [4.78, 5) is 13.8. The third-order valence-corrected chi connectivity index (χ3v) is 4.59. The molecule has 1 aromatic carbocycles. The molecule has 0 saturated carbocycles. The Labute approximate surface area is 124 Å². The number of aliphatic hydroxyl groups excluding tert-OH is 1. The third-order valence-electron chi connectivity index (χ3n) is 3.56. The van der Waals surface area contributed by atoms with Gasteiger partial charge in [-0.1, -0.05) is 30.3 Å². The van der Waals surface area contributed by atoms with Crippen LogP contribution in [0.1, 0.15) is 18.4 Å². The average molecular weight is 294 g/mol. The molecule has 2 unspecified atom stereocenters. The summed E-state index contributed by atoms with van der Waals surface area (Å²) in [5, 5.41) is 9.69. The first kappa shape index (κ1) is 15.4. The van der Waals surface area contributed by atoms with Crippen molar-refractivity contribution in [2.24, 2.45) is 5.73 Å². The van der Waals surface area contributed by atoms with Crippen LogP contribution in [-0.4, -0.2) is 46.9 Å². The van der Waals surface area contributed by atoms with Crippen LogP contribution in [0.5, 0.6) is 0 Å². The van der Waals surface area contributed by atoms with Crippen LogP contribution in [0, 0.1) is 0 Å². The van der Waals surface area contributed by atoms with Gasteiger partial charge in [-0.25, -0.2) is 0 Å². The predicted octanol–water partition coefficient (Wildman–Crippen LogP) is 1.23. The van der Waals surface area contributed by atoms with Gasteiger partial charge >= 0.3 is 0 Å². The topological polar surface area (TPSA) is 66.6 Å². The molecule has 0 aliphatic carbocycles. The number of rotatable bonds is 5. The van der Waals surface area contributed by atoms with E-state index in [1.807, 2.05) is 18.2 Å². The molecule has 110 valence electrons. The van der Waals surface area contributed by atoms with E-state index >= 15 is 0 Å². The van der Waals surface area contributed by atoms with E-state index < -0.39 is 6.10 Å². The molecule has 1 heterocycles. The lowest BCUT2D eigenvalue weighted by Gasteiger charge is -2.34. The molecule has 0 aromatic heterocycles. The molecule has 1 aliphatic heterocycles. The molecule has 1 fully saturated rings. The van der Waals surface area contributed by atoms with Gasteiger partial charge in [-0.2, -0.15) is 11.8 Å². The van der Waals surface area contributed by atoms with Crippen molar-refractivity contribution in [2.75, 3.05) is 18.8 Å². The van der Waals surface area contributed by atoms with E-state index in [2.05, 4.69) is 12.1 Å². The summed E-state index contributed by atoms with van der Waals surface area (Å²) >= 11 is 1.77. The van der Waals surface area contributed by atoms with Crippen LogP contribution in [-0.2, 0) is 10.5 Å². The van der Waals surface area contributed by atoms with Gasteiger partial charge in [0.25, 0.3) is 0 Å². The lowest BCUT2D eigenvalue weighted by atomic mass is 10.0. The Hall–Kier alpha value is -1.04. The highest BCUT2D eigenvalue weighted by Crippen LogP contribution is 2.15. The zero-order valence-electron chi connectivity index (χ0n) is 11.6. The standard InChI is InChI=1S/C15H22N2O2S/c16-13-6-8-17(10-14(13)18)15(19)7-9-20-11-12-4-2-1-3-5-12/h1-5,13-14,18H,6-11,16H2. The normalized spacial score (nSPS) is 22.8. The van der Waals surface area contributed by atoms with Gasteiger partial charge in [0, 0.05) is 37.1 Å². The fourth-order valence-electron chi connectivity index (χ4n) is 2.26. The van der Waals surface area contributed by atoms with E-state index in [4.69, 9.17) is 5.73 Å². The summed E-state index contributed by atoms with van der Waals surface area (Å²) in [7, 11) is 0. The maximum Gasteiger partial charge on any atom is 0.223 e. The molecule has 0 radical (unpaired) electrons. The number of carbonyl (C=O) groups excluding carboxylic acids is 1. The maximum atomic E-state index is 12.0. The van der Waals surface area contributed by atoms with Crippen LogP contribution in [0.4, 0.5) is 0 Å². The van der Waals surface area contributed by atoms with E-state index in [1.54, 1.807) is 16.7 Å². The molecule has 1 aromatic rings. The lowest BCUT2D eigenvalue weighted by molar-refractivity contribution is -0.134. The van der Waals surface area contributed by atoms with Gasteiger partial charge in [0.05, 0.1) is 6.10 Å². The van der Waals surface area contributed by atoms with Crippen molar-refractivity contribution in [3.05, 3.63) is 35.9 Å². The minimum atomic E-state index is -0.579. The van der Waals surface area contributed by atoms with E-state index in [9.17, 15) is 9.90 Å². The molecule has 0 bridgehead atoms. The van der Waals surface area contributed by atoms with Gasteiger partial charge in [0.2, 0.25) is 5.91 Å². The molecule has 1 aliphatic rings. The summed E-state index contributed by atoms with van der Waals surface area (Å²) in [6.07, 6.45) is 0.633. The lowest BCUT2D eigenvalue weighted by Crippen LogP contribution is -2.52. The zero-order valence-corrected chi connectivity index (χ0v) is 12.4. The van der Waals surface area contributed by atoms with Gasteiger partial charge < -0.3 is 15.7 Å². The Morgan fingerprint density at radius 1 is 1.40 bits per heavy atom. The Bertz CT molecular complexity index is 427. The van der Waals surface area contributed by atoms with Crippen LogP contribution < -0.4 is 5.73 Å². The number of likely N-dealkylation sites (tertiary alicyclic amines) is 1. The Morgan fingerprint density at radius 3 is 2.85 bits per heavy atom. The molecule has 0 spiro atoms. The number of nitrogens with two attached hydrogens (primary N) is 1. The van der Waals surface area contributed by atoms with E-state index in [1.165, 1.54) is 5.56 Å². The minimum Gasteiger partial charge on any atom is -0.390 e. The Balaban J connectivity index is 1.65. The van der Waals surface area contributed by atoms with Gasteiger partial charge in [0.1, 0.15) is 0 Å². The van der Waals surface area contributed by atoms with Crippen molar-refractivity contribution in [2.45, 2.75) is 30.7 Å². The first-order valence-electron chi connectivity index (χ1n) is 7.00. The van der Waals surface area contributed by atoms with Crippen LogP contribution in [0.25, 0.3) is 0 Å². The van der Waals surface area contributed by atoms with Crippen LogP contribution >= 0.6 is 11.8 Å². The van der Waals surface area contributed by atoms with Crippen molar-refractivity contribution in [1.29, 1.82) is 0 Å². The van der Waals surface area contributed by atoms with Gasteiger partial charge in [-0.05, 0) is 12.0 Å². The van der Waals surface area contributed by atoms with Gasteiger partial charge in [-0.3, -0.25) is 4.79 Å². The largest absolute Gasteiger partial charge is 0.390 e. The second-order valence-electron chi connectivity index (χ2n) is 5.15. The smallest absolute Gasteiger partial charge is 0.223 e. The van der Waals surface area contributed by atoms with Gasteiger partial charge in [-0.15, -0.1) is 0 Å². The Morgan fingerprint density at radius 2 is 2.15 bits per heavy atom. The highest BCUT2D eigenvalue weighted by atomic mass is 32.2. The molecule has 1 saturated heterocycles. The highest BCUT2D eigenvalue weighted by Gasteiger charge is 2.27. The first-order valence-corrected chi connectivity index (χ1v) is 8.15. The quantitative estimate of drug-likeness (QED) is 0.802. The number of benzene rings is 1. The SMILES string of the molecule is NC1CCN(C(=O)CCSCc2ccccc2)CC1O. The maximum absolute atomic E-state index is 12.0. The van der Waals surface area contributed by atoms with Crippen molar-refractivity contribution in [3.8, 4) is 0 Å². The van der Waals surface area contributed by atoms with E-state index in [0.717, 1.165) is 11.5 Å². The second-order valence-corrected chi connectivity index (χ2v) is 6.25. The van der Waals surface area contributed by atoms with E-state index in [-0.39, 0.29) is 11.9 Å². The number of thioether (sulfide) groups is 1. The number of β-amino-alcohol motifs (C(OH)–C–C–N with tert-alkyl or cyclic N) is 1. The first-order chi connectivity index (χ1) is 9.66. The molecule has 2 rings (SSSR count). The van der Waals surface area contributed by atoms with Crippen molar-refractivity contribution < 1.29 is 9.90 Å². The summed E-state index contributed by atoms with van der Waals surface area (Å²) < 4.78 is 0. The third kappa shape index (κ3) is 4.51. The van der Waals surface area contributed by atoms with Crippen molar-refractivity contribution in [3.63, 3.8) is 0 Å². The fraction of sp³-hybridized carbons (Fsp3) is 0.533. The minimum absolute atomic E-state index is 0.122. The monoisotopic (exact) mass is 294 g/mol. The molecular formula is C15H22N2O2S. The molecular weight excluding hydrogens is 272 g/mol. The number of hydrogen-bond donors (Lipinski definition) is 2. The van der Waals surface area contributed by atoms with Gasteiger partial charge in [0.15, 0.2) is 0 Å². The van der Waals surface area contributed by atoms with Crippen molar-refractivity contribution >= 4 is 17.7 Å². The molecule has 4 nitrogen and oxygen atoms in total. The van der Waals surface area contributed by atoms with Crippen LogP contribution in [0.3, 0.4) is 0 Å². The second kappa shape index (κ2) is 7.67. The summed E-state index contributed by atoms with van der Waals surface area (Å²) in [6, 6.07) is 10.1. The summed E-state index contributed by atoms with van der Waals surface area (Å²) in [5.41, 5.74) is 7.02. The van der Waals surface area contributed by atoms with Crippen molar-refractivity contribution in [1.82, 2.24) is 4.90 Å². The number of nitrogens with zero attached hydrogens (tertiary/aromatic N) is 1. The zero-order chi connectivity index (χ0) is 14.4. The average Bonchev–Trinajstić information content (AvgIpc) is 2.47.